The van der Waals surface area contributed by atoms with Crippen molar-refractivity contribution in [3.8, 4) is 0 Å². The molecule has 1 aromatic carbocycles. The van der Waals surface area contributed by atoms with Gasteiger partial charge in [-0.3, -0.25) is 0 Å². The van der Waals surface area contributed by atoms with Crippen molar-refractivity contribution >= 4 is 37.5 Å². The van der Waals surface area contributed by atoms with Gasteiger partial charge in [-0.05, 0) is 32.9 Å². The van der Waals surface area contributed by atoms with Crippen LogP contribution in [0.3, 0.4) is 0 Å². The highest BCUT2D eigenvalue weighted by Gasteiger charge is 2.21. The number of amides is 1. The normalized spacial score (nSPS) is 12.3. The molecule has 0 unspecified atom stereocenters. The molecule has 0 atom stereocenters. The fourth-order valence-electron chi connectivity index (χ4n) is 1.67. The maximum absolute atomic E-state index is 12.2. The highest BCUT2D eigenvalue weighted by Crippen LogP contribution is 2.25. The molecule has 6 nitrogen and oxygen atoms in total. The molecule has 1 N–H and O–H groups in total. The van der Waals surface area contributed by atoms with Crippen molar-refractivity contribution in [3.63, 3.8) is 0 Å². The highest BCUT2D eigenvalue weighted by atomic mass is 32.2. The maximum atomic E-state index is 12.2. The molecular weight excluding hydrogens is 324 g/mol. The number of benzene rings is 1. The van der Waals surface area contributed by atoms with E-state index in [9.17, 15) is 13.2 Å². The summed E-state index contributed by atoms with van der Waals surface area (Å²) in [6, 6.07) is 7.23. The van der Waals surface area contributed by atoms with Crippen LogP contribution >= 0.6 is 11.3 Å². The second kappa shape index (κ2) is 6.21. The third-order valence-corrected chi connectivity index (χ3v) is 5.79. The third-order valence-electron chi connectivity index (χ3n) is 2.58. The van der Waals surface area contributed by atoms with Gasteiger partial charge in [-0.25, -0.2) is 18.2 Å². The Morgan fingerprint density at radius 3 is 2.64 bits per heavy atom. The first-order valence-electron chi connectivity index (χ1n) is 6.72. The average Bonchev–Trinajstić information content (AvgIpc) is 2.80. The van der Waals surface area contributed by atoms with E-state index >= 15 is 0 Å². The molecule has 1 aromatic heterocycles. The first kappa shape index (κ1) is 16.7. The lowest BCUT2D eigenvalue weighted by Crippen LogP contribution is -2.35. The van der Waals surface area contributed by atoms with Crippen LogP contribution in [0, 0.1) is 0 Å². The summed E-state index contributed by atoms with van der Waals surface area (Å²) in [5.41, 5.74) is 0.0434. The number of para-hydroxylation sites is 1. The van der Waals surface area contributed by atoms with E-state index in [0.717, 1.165) is 16.0 Å². The number of nitrogens with one attached hydrogen (secondary N) is 1. The summed E-state index contributed by atoms with van der Waals surface area (Å²) in [7, 11) is -3.52. The molecule has 0 aliphatic rings. The van der Waals surface area contributed by atoms with Crippen molar-refractivity contribution in [2.24, 2.45) is 0 Å². The highest BCUT2D eigenvalue weighted by molar-refractivity contribution is 7.93. The molecule has 0 saturated heterocycles. The number of ether oxygens (including phenoxy) is 1. The zero-order valence-electron chi connectivity index (χ0n) is 12.6. The fraction of sp³-hybridized carbons (Fsp3) is 0.429. The molecule has 0 saturated carbocycles. The standard InChI is InChI=1S/C14H18N2O4S2/c1-14(2,3)20-12(17)15-8-9-22(18,19)13-16-10-6-4-5-7-11(10)21-13/h4-7H,8-9H2,1-3H3,(H,15,17). The lowest BCUT2D eigenvalue weighted by Gasteiger charge is -2.19. The van der Waals surface area contributed by atoms with Crippen LogP contribution in [0.25, 0.3) is 10.2 Å². The average molecular weight is 342 g/mol. The molecule has 0 aliphatic carbocycles. The number of aromatic nitrogens is 1. The van der Waals surface area contributed by atoms with Crippen molar-refractivity contribution < 1.29 is 17.9 Å². The molecular formula is C14H18N2O4S2. The number of carbonyl (C=O) groups excluding carboxylic acids is 1. The number of sulfone groups is 1. The van der Waals surface area contributed by atoms with Crippen LogP contribution in [0.15, 0.2) is 28.6 Å². The number of hydrogen-bond acceptors (Lipinski definition) is 6. The molecule has 2 rings (SSSR count). The number of thiazole rings is 1. The first-order valence-corrected chi connectivity index (χ1v) is 9.19. The predicted molar refractivity (Wildman–Crippen MR) is 85.9 cm³/mol. The summed E-state index contributed by atoms with van der Waals surface area (Å²) in [5, 5.41) is 2.44. The first-order chi connectivity index (χ1) is 10.2. The van der Waals surface area contributed by atoms with E-state index in [2.05, 4.69) is 10.3 Å². The Hall–Kier alpha value is -1.67. The molecule has 1 heterocycles. The minimum atomic E-state index is -3.52. The Morgan fingerprint density at radius 1 is 1.32 bits per heavy atom. The zero-order chi connectivity index (χ0) is 16.4. The van der Waals surface area contributed by atoms with Crippen LogP contribution in [-0.2, 0) is 14.6 Å². The number of rotatable bonds is 4. The van der Waals surface area contributed by atoms with Crippen LogP contribution in [0.2, 0.25) is 0 Å². The largest absolute Gasteiger partial charge is 0.444 e. The maximum Gasteiger partial charge on any atom is 0.407 e. The van der Waals surface area contributed by atoms with Crippen molar-refractivity contribution in [1.82, 2.24) is 10.3 Å². The van der Waals surface area contributed by atoms with Crippen LogP contribution in [0.5, 0.6) is 0 Å². The Kier molecular flexibility index (Phi) is 4.72. The van der Waals surface area contributed by atoms with Gasteiger partial charge in [0.15, 0.2) is 0 Å². The third kappa shape index (κ3) is 4.41. The summed E-state index contributed by atoms with van der Waals surface area (Å²) in [6.45, 7) is 5.20. The number of fused-ring (bicyclic) bond motifs is 1. The fourth-order valence-corrected chi connectivity index (χ4v) is 4.18. The second-order valence-corrected chi connectivity index (χ2v) is 9.01. The molecule has 2 aromatic rings. The van der Waals surface area contributed by atoms with Gasteiger partial charge in [0.05, 0.1) is 16.0 Å². The van der Waals surface area contributed by atoms with Crippen LogP contribution < -0.4 is 5.32 Å². The van der Waals surface area contributed by atoms with Gasteiger partial charge in [-0.15, -0.1) is 11.3 Å². The lowest BCUT2D eigenvalue weighted by atomic mass is 10.2. The zero-order valence-corrected chi connectivity index (χ0v) is 14.3. The molecule has 0 aliphatic heterocycles. The monoisotopic (exact) mass is 342 g/mol. The summed E-state index contributed by atoms with van der Waals surface area (Å²) in [5.74, 6) is -0.216. The topological polar surface area (TPSA) is 85.4 Å². The van der Waals surface area contributed by atoms with E-state index in [1.54, 1.807) is 26.8 Å². The molecule has 8 heteroatoms. The van der Waals surface area contributed by atoms with Crippen molar-refractivity contribution in [1.29, 1.82) is 0 Å². The second-order valence-electron chi connectivity index (χ2n) is 5.70. The molecule has 0 spiro atoms. The molecule has 22 heavy (non-hydrogen) atoms. The predicted octanol–water partition coefficient (Wildman–Crippen LogP) is 2.59. The van der Waals surface area contributed by atoms with Crippen molar-refractivity contribution in [3.05, 3.63) is 24.3 Å². The molecule has 120 valence electrons. The minimum absolute atomic E-state index is 0.0207. The Balaban J connectivity index is 1.98. The van der Waals surface area contributed by atoms with E-state index in [0.29, 0.717) is 5.52 Å². The Morgan fingerprint density at radius 2 is 2.00 bits per heavy atom. The van der Waals surface area contributed by atoms with E-state index in [-0.39, 0.29) is 16.6 Å². The number of carbonyl (C=O) groups is 1. The molecule has 0 bridgehead atoms. The lowest BCUT2D eigenvalue weighted by molar-refractivity contribution is 0.0531. The van der Waals surface area contributed by atoms with E-state index in [1.165, 1.54) is 0 Å². The van der Waals surface area contributed by atoms with Gasteiger partial charge >= 0.3 is 6.09 Å². The summed E-state index contributed by atoms with van der Waals surface area (Å²) in [4.78, 5) is 15.6. The smallest absolute Gasteiger partial charge is 0.407 e. The van der Waals surface area contributed by atoms with Gasteiger partial charge in [0, 0.05) is 6.54 Å². The van der Waals surface area contributed by atoms with Gasteiger partial charge in [0.2, 0.25) is 14.2 Å². The van der Waals surface area contributed by atoms with Crippen LogP contribution in [-0.4, -0.2) is 37.4 Å². The van der Waals surface area contributed by atoms with Crippen molar-refractivity contribution in [2.75, 3.05) is 12.3 Å². The van der Waals surface area contributed by atoms with Gasteiger partial charge in [0.1, 0.15) is 5.60 Å². The molecule has 1 amide bonds. The Labute approximate surface area is 133 Å². The quantitative estimate of drug-likeness (QED) is 0.923. The summed E-state index contributed by atoms with van der Waals surface area (Å²) >= 11 is 1.13. The molecule has 0 fully saturated rings. The molecule has 0 radical (unpaired) electrons. The van der Waals surface area contributed by atoms with Gasteiger partial charge in [-0.1, -0.05) is 12.1 Å². The van der Waals surface area contributed by atoms with Crippen molar-refractivity contribution in [2.45, 2.75) is 30.7 Å². The van der Waals surface area contributed by atoms with Crippen LogP contribution in [0.1, 0.15) is 20.8 Å². The van der Waals surface area contributed by atoms with E-state index in [4.69, 9.17) is 4.74 Å². The van der Waals surface area contributed by atoms with Gasteiger partial charge in [0.25, 0.3) is 0 Å². The summed E-state index contributed by atoms with van der Waals surface area (Å²) < 4.78 is 30.4. The number of hydrogen-bond donors (Lipinski definition) is 1. The van der Waals surface area contributed by atoms with Gasteiger partial charge < -0.3 is 10.1 Å². The SMILES string of the molecule is CC(C)(C)OC(=O)NCCS(=O)(=O)c1nc2ccccc2s1. The van der Waals surface area contributed by atoms with E-state index in [1.807, 2.05) is 18.2 Å². The van der Waals surface area contributed by atoms with Crippen LogP contribution in [0.4, 0.5) is 4.79 Å². The number of nitrogens with zero attached hydrogens (tertiary/aromatic N) is 1. The summed E-state index contributed by atoms with van der Waals surface area (Å²) in [6.07, 6.45) is -0.632. The number of alkyl carbamates (subject to hydrolysis) is 1. The Bertz CT molecular complexity index is 742. The van der Waals surface area contributed by atoms with Gasteiger partial charge in [-0.2, -0.15) is 0 Å². The minimum Gasteiger partial charge on any atom is -0.444 e. The van der Waals surface area contributed by atoms with E-state index < -0.39 is 21.5 Å².